The van der Waals surface area contributed by atoms with Crippen LogP contribution < -0.4 is 10.6 Å². The number of alkyl halides is 1. The number of benzene rings is 2. The number of rotatable bonds is 5. The molecule has 4 nitrogen and oxygen atoms in total. The lowest BCUT2D eigenvalue weighted by Gasteiger charge is -2.24. The molecule has 0 unspecified atom stereocenters. The Bertz CT molecular complexity index is 737. The number of anilines is 1. The van der Waals surface area contributed by atoms with Crippen LogP contribution in [0.1, 0.15) is 27.2 Å². The summed E-state index contributed by atoms with van der Waals surface area (Å²) >= 11 is 3.40. The van der Waals surface area contributed by atoms with E-state index in [1.54, 1.807) is 0 Å². The molecule has 0 aliphatic rings. The van der Waals surface area contributed by atoms with Crippen molar-refractivity contribution in [2.45, 2.75) is 32.0 Å². The third-order valence-electron chi connectivity index (χ3n) is 3.68. The number of carbonyl (C=O) groups is 2. The average Bonchev–Trinajstić information content (AvgIpc) is 2.53. The highest BCUT2D eigenvalue weighted by molar-refractivity contribution is 9.10. The molecule has 0 aliphatic heterocycles. The van der Waals surface area contributed by atoms with E-state index in [0.717, 1.165) is 16.5 Å². The number of halogens is 1. The zero-order chi connectivity index (χ0) is 17.7. The standard InChI is InChI=1S/C19H23BrN2O2/c1-19(2,3)17(20)18(24)21-11-10-16(23)22-15-9-8-13-6-4-5-7-14(13)12-15/h4-9,12,17H,10-11H2,1-3H3,(H,21,24)(H,22,23)/t17-/m1/s1. The van der Waals surface area contributed by atoms with Crippen LogP contribution in [0.2, 0.25) is 0 Å². The van der Waals surface area contributed by atoms with Gasteiger partial charge in [-0.05, 0) is 28.3 Å². The minimum Gasteiger partial charge on any atom is -0.355 e. The molecule has 0 saturated carbocycles. The van der Waals surface area contributed by atoms with Crippen LogP contribution in [0, 0.1) is 5.41 Å². The van der Waals surface area contributed by atoms with Gasteiger partial charge in [0.25, 0.3) is 0 Å². The van der Waals surface area contributed by atoms with E-state index in [2.05, 4.69) is 26.6 Å². The number of carbonyl (C=O) groups excluding carboxylic acids is 2. The second-order valence-corrected chi connectivity index (χ2v) is 7.80. The number of hydrogen-bond donors (Lipinski definition) is 2. The minimum absolute atomic E-state index is 0.0963. The van der Waals surface area contributed by atoms with E-state index in [1.807, 2.05) is 63.2 Å². The summed E-state index contributed by atoms with van der Waals surface area (Å²) in [5.74, 6) is -0.214. The Morgan fingerprint density at radius 1 is 1.08 bits per heavy atom. The van der Waals surface area contributed by atoms with Gasteiger partial charge in [0.2, 0.25) is 11.8 Å². The van der Waals surface area contributed by atoms with Gasteiger partial charge >= 0.3 is 0 Å². The van der Waals surface area contributed by atoms with Gasteiger partial charge in [-0.25, -0.2) is 0 Å². The Labute approximate surface area is 151 Å². The first-order chi connectivity index (χ1) is 11.3. The van der Waals surface area contributed by atoms with Crippen molar-refractivity contribution in [2.24, 2.45) is 5.41 Å². The summed E-state index contributed by atoms with van der Waals surface area (Å²) in [5, 5.41) is 7.87. The molecule has 2 N–H and O–H groups in total. The van der Waals surface area contributed by atoms with Gasteiger partial charge in [-0.3, -0.25) is 9.59 Å². The van der Waals surface area contributed by atoms with Gasteiger partial charge in [0.15, 0.2) is 0 Å². The maximum Gasteiger partial charge on any atom is 0.234 e. The van der Waals surface area contributed by atoms with Crippen molar-refractivity contribution in [3.05, 3.63) is 42.5 Å². The molecule has 2 amide bonds. The summed E-state index contributed by atoms with van der Waals surface area (Å²) in [5.41, 5.74) is 0.593. The molecule has 0 fully saturated rings. The topological polar surface area (TPSA) is 58.2 Å². The maximum absolute atomic E-state index is 12.0. The molecule has 5 heteroatoms. The Morgan fingerprint density at radius 2 is 1.75 bits per heavy atom. The summed E-state index contributed by atoms with van der Waals surface area (Å²) in [7, 11) is 0. The number of amides is 2. The van der Waals surface area contributed by atoms with E-state index in [4.69, 9.17) is 0 Å². The van der Waals surface area contributed by atoms with Crippen LogP contribution >= 0.6 is 15.9 Å². The first kappa shape index (κ1) is 18.5. The Kier molecular flexibility index (Phi) is 5.99. The predicted octanol–water partition coefficient (Wildman–Crippen LogP) is 4.09. The summed E-state index contributed by atoms with van der Waals surface area (Å²) < 4.78 is 0. The first-order valence-electron chi connectivity index (χ1n) is 7.98. The Balaban J connectivity index is 1.83. The summed E-state index contributed by atoms with van der Waals surface area (Å²) in [4.78, 5) is 23.7. The van der Waals surface area contributed by atoms with E-state index in [0.29, 0.717) is 6.54 Å². The zero-order valence-electron chi connectivity index (χ0n) is 14.2. The molecule has 0 saturated heterocycles. The van der Waals surface area contributed by atoms with E-state index in [-0.39, 0.29) is 28.5 Å². The van der Waals surface area contributed by atoms with Crippen LogP contribution in [0.3, 0.4) is 0 Å². The monoisotopic (exact) mass is 390 g/mol. The summed E-state index contributed by atoms with van der Waals surface area (Å²) in [6, 6.07) is 13.8. The number of hydrogen-bond acceptors (Lipinski definition) is 2. The quantitative estimate of drug-likeness (QED) is 0.755. The second kappa shape index (κ2) is 7.79. The van der Waals surface area contributed by atoms with Crippen molar-refractivity contribution in [1.29, 1.82) is 0 Å². The molecule has 0 bridgehead atoms. The zero-order valence-corrected chi connectivity index (χ0v) is 15.8. The van der Waals surface area contributed by atoms with Crippen LogP contribution in [0.5, 0.6) is 0 Å². The lowest BCUT2D eigenvalue weighted by atomic mass is 9.92. The molecule has 0 spiro atoms. The van der Waals surface area contributed by atoms with E-state index in [9.17, 15) is 9.59 Å². The van der Waals surface area contributed by atoms with Gasteiger partial charge in [0.1, 0.15) is 0 Å². The van der Waals surface area contributed by atoms with E-state index < -0.39 is 0 Å². The maximum atomic E-state index is 12.0. The summed E-state index contributed by atoms with van der Waals surface area (Å²) in [6.45, 7) is 6.27. The molecule has 2 aromatic carbocycles. The lowest BCUT2D eigenvalue weighted by molar-refractivity contribution is -0.122. The molecule has 0 aromatic heterocycles. The third kappa shape index (κ3) is 5.06. The lowest BCUT2D eigenvalue weighted by Crippen LogP contribution is -2.39. The van der Waals surface area contributed by atoms with Crippen LogP contribution in [-0.2, 0) is 9.59 Å². The van der Waals surface area contributed by atoms with Crippen LogP contribution in [0.15, 0.2) is 42.5 Å². The van der Waals surface area contributed by atoms with Gasteiger partial charge in [-0.1, -0.05) is 67.0 Å². The first-order valence-corrected chi connectivity index (χ1v) is 8.89. The van der Waals surface area contributed by atoms with E-state index in [1.165, 1.54) is 0 Å². The molecule has 0 heterocycles. The summed E-state index contributed by atoms with van der Waals surface area (Å²) in [6.07, 6.45) is 0.239. The highest BCUT2D eigenvalue weighted by atomic mass is 79.9. The molecule has 24 heavy (non-hydrogen) atoms. The van der Waals surface area contributed by atoms with Gasteiger partial charge in [-0.2, -0.15) is 0 Å². The third-order valence-corrected chi connectivity index (χ3v) is 5.46. The fraction of sp³-hybridized carbons (Fsp3) is 0.368. The van der Waals surface area contributed by atoms with E-state index >= 15 is 0 Å². The Morgan fingerprint density at radius 3 is 2.42 bits per heavy atom. The van der Waals surface area contributed by atoms with Crippen LogP contribution in [-0.4, -0.2) is 23.2 Å². The average molecular weight is 391 g/mol. The van der Waals surface area contributed by atoms with Crippen molar-refractivity contribution in [3.8, 4) is 0 Å². The van der Waals surface area contributed by atoms with Crippen molar-refractivity contribution < 1.29 is 9.59 Å². The molecule has 1 atom stereocenters. The molecular formula is C19H23BrN2O2. The highest BCUT2D eigenvalue weighted by Gasteiger charge is 2.28. The van der Waals surface area contributed by atoms with Crippen molar-refractivity contribution in [3.63, 3.8) is 0 Å². The fourth-order valence-corrected chi connectivity index (χ4v) is 2.43. The molecule has 2 rings (SSSR count). The molecule has 0 aliphatic carbocycles. The highest BCUT2D eigenvalue weighted by Crippen LogP contribution is 2.26. The molecule has 128 valence electrons. The molecular weight excluding hydrogens is 368 g/mol. The predicted molar refractivity (Wildman–Crippen MR) is 102 cm³/mol. The van der Waals surface area contributed by atoms with Crippen molar-refractivity contribution in [2.75, 3.05) is 11.9 Å². The number of fused-ring (bicyclic) bond motifs is 1. The van der Waals surface area contributed by atoms with Crippen molar-refractivity contribution >= 4 is 44.2 Å². The van der Waals surface area contributed by atoms with Crippen LogP contribution in [0.25, 0.3) is 10.8 Å². The van der Waals surface area contributed by atoms with Crippen molar-refractivity contribution in [1.82, 2.24) is 5.32 Å². The SMILES string of the molecule is CC(C)(C)[C@H](Br)C(=O)NCCC(=O)Nc1ccc2ccccc2c1. The molecule has 0 radical (unpaired) electrons. The number of nitrogens with one attached hydrogen (secondary N) is 2. The van der Waals surface area contributed by atoms with Crippen LogP contribution in [0.4, 0.5) is 5.69 Å². The largest absolute Gasteiger partial charge is 0.355 e. The normalized spacial score (nSPS) is 12.7. The van der Waals surface area contributed by atoms with Gasteiger partial charge in [-0.15, -0.1) is 0 Å². The minimum atomic E-state index is -0.284. The van der Waals surface area contributed by atoms with Gasteiger partial charge < -0.3 is 10.6 Å². The van der Waals surface area contributed by atoms with Gasteiger partial charge in [0, 0.05) is 18.7 Å². The molecule has 2 aromatic rings. The Hall–Kier alpha value is -1.88. The second-order valence-electron chi connectivity index (χ2n) is 6.88. The van der Waals surface area contributed by atoms with Gasteiger partial charge in [0.05, 0.1) is 4.83 Å². The fourth-order valence-electron chi connectivity index (χ4n) is 2.27. The smallest absolute Gasteiger partial charge is 0.234 e.